The molecule has 2 atom stereocenters. The predicted octanol–water partition coefficient (Wildman–Crippen LogP) is 5.18. The normalized spacial score (nSPS) is 22.9. The van der Waals surface area contributed by atoms with Crippen molar-refractivity contribution in [3.8, 4) is 0 Å². The van der Waals surface area contributed by atoms with Gasteiger partial charge < -0.3 is 5.32 Å². The first kappa shape index (κ1) is 21.4. The molecule has 1 saturated heterocycles. The molecule has 1 amide bonds. The van der Waals surface area contributed by atoms with Gasteiger partial charge in [-0.15, -0.1) is 0 Å². The third kappa shape index (κ3) is 5.65. The van der Waals surface area contributed by atoms with Crippen LogP contribution in [0.2, 0.25) is 5.02 Å². The van der Waals surface area contributed by atoms with Crippen LogP contribution in [-0.4, -0.2) is 36.0 Å². The number of amides is 1. The predicted molar refractivity (Wildman–Crippen MR) is 124 cm³/mol. The van der Waals surface area contributed by atoms with Crippen LogP contribution in [0, 0.1) is 12.8 Å². The van der Waals surface area contributed by atoms with Gasteiger partial charge in [-0.25, -0.2) is 0 Å². The third-order valence-electron chi connectivity index (χ3n) is 6.83. The van der Waals surface area contributed by atoms with E-state index in [-0.39, 0.29) is 5.91 Å². The first-order valence-corrected chi connectivity index (χ1v) is 11.8. The largest absolute Gasteiger partial charge is 0.352 e. The van der Waals surface area contributed by atoms with Crippen LogP contribution in [0.4, 0.5) is 0 Å². The fourth-order valence-corrected chi connectivity index (χ4v) is 5.38. The number of benzene rings is 2. The molecule has 30 heavy (non-hydrogen) atoms. The summed E-state index contributed by atoms with van der Waals surface area (Å²) in [7, 11) is 0. The molecule has 0 bridgehead atoms. The van der Waals surface area contributed by atoms with Crippen molar-refractivity contribution in [2.45, 2.75) is 64.0 Å². The molecule has 1 aliphatic heterocycles. The standard InChI is InChI=1S/C26H33ClN2O/c1-19-4-2-5-22(16-19)18-26(30)28-24-6-3-7-25(24)29-14-12-21(13-15-29)17-20-8-10-23(27)11-9-20/h2,4-5,8-11,16,21,24-25H,3,6-7,12-15,17-18H2,1H3,(H,28,30)/t24-,25-/m1/s1. The van der Waals surface area contributed by atoms with Gasteiger partial charge in [-0.1, -0.05) is 53.6 Å². The van der Waals surface area contributed by atoms with Crippen molar-refractivity contribution >= 4 is 17.5 Å². The van der Waals surface area contributed by atoms with E-state index in [0.717, 1.165) is 42.4 Å². The van der Waals surface area contributed by atoms with Crippen LogP contribution in [0.15, 0.2) is 48.5 Å². The molecule has 2 fully saturated rings. The van der Waals surface area contributed by atoms with Gasteiger partial charge in [-0.2, -0.15) is 0 Å². The topological polar surface area (TPSA) is 32.3 Å². The maximum absolute atomic E-state index is 12.6. The summed E-state index contributed by atoms with van der Waals surface area (Å²) in [6, 6.07) is 17.4. The van der Waals surface area contributed by atoms with Crippen LogP contribution in [-0.2, 0) is 17.6 Å². The van der Waals surface area contributed by atoms with E-state index in [1.807, 2.05) is 24.3 Å². The summed E-state index contributed by atoms with van der Waals surface area (Å²) in [5.74, 6) is 0.910. The maximum Gasteiger partial charge on any atom is 0.224 e. The van der Waals surface area contributed by atoms with Gasteiger partial charge in [0.05, 0.1) is 6.42 Å². The van der Waals surface area contributed by atoms with Gasteiger partial charge in [-0.3, -0.25) is 9.69 Å². The lowest BCUT2D eigenvalue weighted by atomic mass is 9.89. The molecule has 1 aliphatic carbocycles. The molecule has 4 rings (SSSR count). The second kappa shape index (κ2) is 9.98. The van der Waals surface area contributed by atoms with Crippen molar-refractivity contribution in [3.63, 3.8) is 0 Å². The number of halogens is 1. The smallest absolute Gasteiger partial charge is 0.224 e. The van der Waals surface area contributed by atoms with Crippen molar-refractivity contribution in [1.82, 2.24) is 10.2 Å². The quantitative estimate of drug-likeness (QED) is 0.692. The zero-order valence-corrected chi connectivity index (χ0v) is 18.7. The van der Waals surface area contributed by atoms with Crippen molar-refractivity contribution in [1.29, 1.82) is 0 Å². The minimum Gasteiger partial charge on any atom is -0.352 e. The van der Waals surface area contributed by atoms with Crippen molar-refractivity contribution in [2.24, 2.45) is 5.92 Å². The van der Waals surface area contributed by atoms with Gasteiger partial charge >= 0.3 is 0 Å². The molecule has 1 N–H and O–H groups in total. The van der Waals surface area contributed by atoms with E-state index in [0.29, 0.717) is 18.5 Å². The van der Waals surface area contributed by atoms with Crippen LogP contribution in [0.5, 0.6) is 0 Å². The third-order valence-corrected chi connectivity index (χ3v) is 7.08. The lowest BCUT2D eigenvalue weighted by Gasteiger charge is -2.38. The molecule has 0 radical (unpaired) electrons. The zero-order valence-electron chi connectivity index (χ0n) is 17.9. The average molecular weight is 425 g/mol. The van der Waals surface area contributed by atoms with Gasteiger partial charge in [0.2, 0.25) is 5.91 Å². The first-order chi connectivity index (χ1) is 14.6. The van der Waals surface area contributed by atoms with E-state index in [9.17, 15) is 4.79 Å². The van der Waals surface area contributed by atoms with Crippen LogP contribution >= 0.6 is 11.6 Å². The monoisotopic (exact) mass is 424 g/mol. The van der Waals surface area contributed by atoms with Gasteiger partial charge in [0, 0.05) is 17.1 Å². The molecule has 0 aromatic heterocycles. The number of carbonyl (C=O) groups is 1. The van der Waals surface area contributed by atoms with E-state index in [1.165, 1.54) is 36.8 Å². The summed E-state index contributed by atoms with van der Waals surface area (Å²) in [6.07, 6.45) is 7.63. The summed E-state index contributed by atoms with van der Waals surface area (Å²) in [4.78, 5) is 15.3. The summed E-state index contributed by atoms with van der Waals surface area (Å²) in [5.41, 5.74) is 3.70. The summed E-state index contributed by atoms with van der Waals surface area (Å²) < 4.78 is 0. The highest BCUT2D eigenvalue weighted by molar-refractivity contribution is 6.30. The number of piperidine rings is 1. The van der Waals surface area contributed by atoms with Gasteiger partial charge in [0.25, 0.3) is 0 Å². The van der Waals surface area contributed by atoms with E-state index in [2.05, 4.69) is 41.4 Å². The molecule has 3 nitrogen and oxygen atoms in total. The molecule has 1 heterocycles. The highest BCUT2D eigenvalue weighted by Gasteiger charge is 2.34. The number of likely N-dealkylation sites (tertiary alicyclic amines) is 1. The number of hydrogen-bond acceptors (Lipinski definition) is 2. The molecular weight excluding hydrogens is 392 g/mol. The molecule has 160 valence electrons. The SMILES string of the molecule is Cc1cccc(CC(=O)N[C@@H]2CCC[C@H]2N2CCC(Cc3ccc(Cl)cc3)CC2)c1. The fourth-order valence-electron chi connectivity index (χ4n) is 5.25. The number of carbonyl (C=O) groups excluding carboxylic acids is 1. The molecule has 0 spiro atoms. The lowest BCUT2D eigenvalue weighted by Crippen LogP contribution is -2.51. The molecule has 1 saturated carbocycles. The summed E-state index contributed by atoms with van der Waals surface area (Å²) in [5, 5.41) is 4.17. The Balaban J connectivity index is 1.26. The molecule has 4 heteroatoms. The van der Waals surface area contributed by atoms with Gasteiger partial charge in [0.1, 0.15) is 0 Å². The van der Waals surface area contributed by atoms with Crippen LogP contribution in [0.3, 0.4) is 0 Å². The number of nitrogens with zero attached hydrogens (tertiary/aromatic N) is 1. The molecule has 2 aromatic carbocycles. The fraction of sp³-hybridized carbons (Fsp3) is 0.500. The van der Waals surface area contributed by atoms with Crippen LogP contribution < -0.4 is 5.32 Å². The molecule has 0 unspecified atom stereocenters. The van der Waals surface area contributed by atoms with Gasteiger partial charge in [0.15, 0.2) is 0 Å². The molecule has 2 aromatic rings. The summed E-state index contributed by atoms with van der Waals surface area (Å²) in [6.45, 7) is 4.37. The van der Waals surface area contributed by atoms with Crippen molar-refractivity contribution in [3.05, 3.63) is 70.2 Å². The zero-order chi connectivity index (χ0) is 20.9. The second-order valence-corrected chi connectivity index (χ2v) is 9.58. The highest BCUT2D eigenvalue weighted by atomic mass is 35.5. The number of aryl methyl sites for hydroxylation is 1. The Morgan fingerprint density at radius 2 is 1.80 bits per heavy atom. The number of hydrogen-bond donors (Lipinski definition) is 1. The minimum atomic E-state index is 0.162. The van der Waals surface area contributed by atoms with Crippen molar-refractivity contribution < 1.29 is 4.79 Å². The van der Waals surface area contributed by atoms with E-state index >= 15 is 0 Å². The Labute approximate surface area is 185 Å². The number of rotatable bonds is 6. The Hall–Kier alpha value is -1.84. The Kier molecular flexibility index (Phi) is 7.12. The second-order valence-electron chi connectivity index (χ2n) is 9.15. The van der Waals surface area contributed by atoms with Crippen LogP contribution in [0.1, 0.15) is 48.8 Å². The highest BCUT2D eigenvalue weighted by Crippen LogP contribution is 2.30. The average Bonchev–Trinajstić information content (AvgIpc) is 3.18. The maximum atomic E-state index is 12.6. The van der Waals surface area contributed by atoms with Crippen molar-refractivity contribution in [2.75, 3.05) is 13.1 Å². The Bertz CT molecular complexity index is 842. The van der Waals surface area contributed by atoms with E-state index in [4.69, 9.17) is 11.6 Å². The Morgan fingerprint density at radius 3 is 2.53 bits per heavy atom. The summed E-state index contributed by atoms with van der Waals surface area (Å²) >= 11 is 6.01. The minimum absolute atomic E-state index is 0.162. The van der Waals surface area contributed by atoms with Crippen LogP contribution in [0.25, 0.3) is 0 Å². The van der Waals surface area contributed by atoms with Gasteiger partial charge in [-0.05, 0) is 87.7 Å². The molecule has 2 aliphatic rings. The molecular formula is C26H33ClN2O. The van der Waals surface area contributed by atoms with E-state index in [1.54, 1.807) is 0 Å². The van der Waals surface area contributed by atoms with E-state index < -0.39 is 0 Å². The Morgan fingerprint density at radius 1 is 1.03 bits per heavy atom. The lowest BCUT2D eigenvalue weighted by molar-refractivity contribution is -0.121. The number of nitrogens with one attached hydrogen (secondary N) is 1. The first-order valence-electron chi connectivity index (χ1n) is 11.4.